The molecule has 0 atom stereocenters. The molecule has 1 aliphatic rings. The number of anilines is 4. The monoisotopic (exact) mass is 529 g/mol. The summed E-state index contributed by atoms with van der Waals surface area (Å²) in [5.74, 6) is -0.394. The molecule has 1 saturated heterocycles. The molecule has 2 amide bonds. The smallest absolute Gasteiger partial charge is 0.277 e. The molecule has 0 bridgehead atoms. The number of amides is 2. The first kappa shape index (κ1) is 25.0. The van der Waals surface area contributed by atoms with Gasteiger partial charge in [0.05, 0.1) is 17.3 Å². The van der Waals surface area contributed by atoms with Gasteiger partial charge in [-0.1, -0.05) is 22.5 Å². The molecule has 182 valence electrons. The van der Waals surface area contributed by atoms with E-state index in [9.17, 15) is 9.59 Å². The maximum Gasteiger partial charge on any atom is 0.277 e. The van der Waals surface area contributed by atoms with Crippen LogP contribution in [-0.4, -0.2) is 51.0 Å². The number of halogens is 1. The number of carbonyl (C=O) groups is 2. The second-order valence-electron chi connectivity index (χ2n) is 7.98. The van der Waals surface area contributed by atoms with Crippen LogP contribution in [0.15, 0.2) is 47.8 Å². The molecule has 4 rings (SSSR count). The van der Waals surface area contributed by atoms with Crippen molar-refractivity contribution in [2.75, 3.05) is 40.9 Å². The van der Waals surface area contributed by atoms with E-state index in [1.165, 1.54) is 6.42 Å². The van der Waals surface area contributed by atoms with Gasteiger partial charge in [0.25, 0.3) is 5.91 Å². The van der Waals surface area contributed by atoms with Gasteiger partial charge in [0.15, 0.2) is 10.8 Å². The Balaban J connectivity index is 1.26. The average molecular weight is 530 g/mol. The topological polar surface area (TPSA) is 111 Å². The Bertz CT molecular complexity index is 1180. The third-order valence-corrected chi connectivity index (χ3v) is 6.33. The second-order valence-corrected chi connectivity index (χ2v) is 9.41. The predicted octanol–water partition coefficient (Wildman–Crippen LogP) is 4.68. The number of rotatable bonds is 7. The van der Waals surface area contributed by atoms with Gasteiger partial charge in [0.1, 0.15) is 0 Å². The zero-order chi connectivity index (χ0) is 24.6. The minimum Gasteiger partial charge on any atom is -0.332 e. The number of likely N-dealkylation sites (tertiary alicyclic amines) is 1. The summed E-state index contributed by atoms with van der Waals surface area (Å²) >= 11 is 12.9. The fraction of sp³-hybridized carbons (Fsp3) is 0.261. The lowest BCUT2D eigenvalue weighted by Gasteiger charge is -2.25. The number of thiocarbonyl (C=S) groups is 1. The van der Waals surface area contributed by atoms with Gasteiger partial charge in [-0.2, -0.15) is 0 Å². The molecule has 1 fully saturated rings. The van der Waals surface area contributed by atoms with Gasteiger partial charge in [-0.3, -0.25) is 14.5 Å². The molecule has 0 radical (unpaired) electrons. The zero-order valence-electron chi connectivity index (χ0n) is 18.7. The van der Waals surface area contributed by atoms with Crippen LogP contribution in [0.5, 0.6) is 0 Å². The molecule has 2 aromatic carbocycles. The maximum absolute atomic E-state index is 12.4. The predicted molar refractivity (Wildman–Crippen MR) is 145 cm³/mol. The zero-order valence-corrected chi connectivity index (χ0v) is 21.1. The van der Waals surface area contributed by atoms with E-state index in [2.05, 4.69) is 35.8 Å². The van der Waals surface area contributed by atoms with Crippen LogP contribution in [0.2, 0.25) is 5.02 Å². The van der Waals surface area contributed by atoms with Gasteiger partial charge in [0.2, 0.25) is 5.91 Å². The van der Waals surface area contributed by atoms with Gasteiger partial charge in [0, 0.05) is 22.4 Å². The summed E-state index contributed by atoms with van der Waals surface area (Å²) < 4.78 is 3.68. The Morgan fingerprint density at radius 3 is 2.26 bits per heavy atom. The first-order valence-electron chi connectivity index (χ1n) is 11.0. The summed E-state index contributed by atoms with van der Waals surface area (Å²) in [6, 6.07) is 12.3. The Hall–Kier alpha value is -3.12. The van der Waals surface area contributed by atoms with Gasteiger partial charge in [-0.15, -0.1) is 5.10 Å². The van der Waals surface area contributed by atoms with E-state index in [-0.39, 0.29) is 17.5 Å². The van der Waals surface area contributed by atoms with E-state index in [4.69, 9.17) is 23.8 Å². The Kier molecular flexibility index (Phi) is 8.59. The van der Waals surface area contributed by atoms with Gasteiger partial charge >= 0.3 is 0 Å². The Morgan fingerprint density at radius 1 is 0.943 bits per heavy atom. The Labute approximate surface area is 217 Å². The van der Waals surface area contributed by atoms with E-state index in [0.29, 0.717) is 33.7 Å². The lowest BCUT2D eigenvalue weighted by Crippen LogP contribution is -2.36. The highest BCUT2D eigenvalue weighted by molar-refractivity contribution is 7.80. The van der Waals surface area contributed by atoms with E-state index >= 15 is 0 Å². The van der Waals surface area contributed by atoms with Crippen LogP contribution in [-0.2, 0) is 4.79 Å². The lowest BCUT2D eigenvalue weighted by atomic mass is 10.1. The van der Waals surface area contributed by atoms with Crippen LogP contribution in [0.3, 0.4) is 0 Å². The van der Waals surface area contributed by atoms with E-state index in [0.717, 1.165) is 43.2 Å². The number of piperidine rings is 1. The van der Waals surface area contributed by atoms with Crippen LogP contribution >= 0.6 is 35.4 Å². The largest absolute Gasteiger partial charge is 0.332 e. The third kappa shape index (κ3) is 7.43. The summed E-state index contributed by atoms with van der Waals surface area (Å²) in [4.78, 5) is 26.6. The van der Waals surface area contributed by atoms with Crippen molar-refractivity contribution >= 4 is 75.0 Å². The van der Waals surface area contributed by atoms with Crippen LogP contribution < -0.4 is 21.3 Å². The van der Waals surface area contributed by atoms with Crippen LogP contribution in [0.4, 0.5) is 22.7 Å². The third-order valence-electron chi connectivity index (χ3n) is 5.31. The Morgan fingerprint density at radius 2 is 1.60 bits per heavy atom. The normalized spacial score (nSPS) is 13.6. The van der Waals surface area contributed by atoms with Crippen LogP contribution in [0.25, 0.3) is 0 Å². The summed E-state index contributed by atoms with van der Waals surface area (Å²) in [6.45, 7) is 2.28. The van der Waals surface area contributed by atoms with Crippen molar-refractivity contribution in [3.05, 3.63) is 58.6 Å². The van der Waals surface area contributed by atoms with Crippen molar-refractivity contribution in [3.8, 4) is 0 Å². The summed E-state index contributed by atoms with van der Waals surface area (Å²) in [7, 11) is 0. The van der Waals surface area contributed by atoms with Crippen LogP contribution in [0.1, 0.15) is 29.8 Å². The van der Waals surface area contributed by atoms with E-state index in [1.54, 1.807) is 47.8 Å². The lowest BCUT2D eigenvalue weighted by molar-refractivity contribution is -0.117. The molecule has 0 spiro atoms. The number of nitrogens with zero attached hydrogens (tertiary/aromatic N) is 3. The summed E-state index contributed by atoms with van der Waals surface area (Å²) in [5.41, 5.74) is 2.88. The van der Waals surface area contributed by atoms with Gasteiger partial charge < -0.3 is 21.3 Å². The highest BCUT2D eigenvalue weighted by Gasteiger charge is 2.15. The van der Waals surface area contributed by atoms with Crippen molar-refractivity contribution in [2.24, 2.45) is 0 Å². The molecular formula is C23H24ClN7O2S2. The van der Waals surface area contributed by atoms with E-state index < -0.39 is 0 Å². The van der Waals surface area contributed by atoms with Gasteiger partial charge in [-0.05, 0) is 92.1 Å². The molecular weight excluding hydrogens is 506 g/mol. The minimum atomic E-state index is -0.320. The SMILES string of the molecule is O=C(CN1CCCCC1)Nc1ccc(NC(=S)Nc2ccc(NC(=O)c3csnn3)cc2)cc1Cl. The second kappa shape index (κ2) is 12.0. The van der Waals surface area contributed by atoms with Crippen LogP contribution in [0, 0.1) is 0 Å². The number of nitrogens with one attached hydrogen (secondary N) is 4. The fourth-order valence-electron chi connectivity index (χ4n) is 3.59. The number of aromatic nitrogens is 2. The molecule has 9 nitrogen and oxygen atoms in total. The molecule has 3 aromatic rings. The summed E-state index contributed by atoms with van der Waals surface area (Å²) in [6.07, 6.45) is 3.49. The molecule has 1 aliphatic heterocycles. The van der Waals surface area contributed by atoms with Crippen molar-refractivity contribution in [1.82, 2.24) is 14.5 Å². The molecule has 0 unspecified atom stereocenters. The molecule has 35 heavy (non-hydrogen) atoms. The molecule has 0 saturated carbocycles. The molecule has 4 N–H and O–H groups in total. The average Bonchev–Trinajstić information content (AvgIpc) is 3.38. The van der Waals surface area contributed by atoms with E-state index in [1.807, 2.05) is 0 Å². The van der Waals surface area contributed by atoms with Crippen molar-refractivity contribution in [1.29, 1.82) is 0 Å². The molecule has 1 aromatic heterocycles. The first-order chi connectivity index (χ1) is 17.0. The standard InChI is InChI=1S/C23H24ClN7O2S2/c24-18-12-17(8-9-19(18)28-21(32)13-31-10-2-1-3-11-31)27-23(34)26-16-6-4-15(5-7-16)25-22(33)20-14-35-30-29-20/h4-9,12,14H,1-3,10-11,13H2,(H,25,33)(H,28,32)(H2,26,27,34). The quantitative estimate of drug-likeness (QED) is 0.327. The number of benzene rings is 2. The van der Waals surface area contributed by atoms with Gasteiger partial charge in [-0.25, -0.2) is 0 Å². The fourth-order valence-corrected chi connectivity index (χ4v) is 4.49. The highest BCUT2D eigenvalue weighted by Crippen LogP contribution is 2.26. The molecule has 2 heterocycles. The van der Waals surface area contributed by atoms with Crippen molar-refractivity contribution < 1.29 is 9.59 Å². The number of hydrogen-bond acceptors (Lipinski definition) is 7. The first-order valence-corrected chi connectivity index (χ1v) is 12.7. The summed E-state index contributed by atoms with van der Waals surface area (Å²) in [5, 5.41) is 17.9. The number of hydrogen-bond donors (Lipinski definition) is 4. The minimum absolute atomic E-state index is 0.0745. The molecule has 12 heteroatoms. The number of carbonyl (C=O) groups excluding carboxylic acids is 2. The van der Waals surface area contributed by atoms with Crippen molar-refractivity contribution in [3.63, 3.8) is 0 Å². The molecule has 0 aliphatic carbocycles. The maximum atomic E-state index is 12.4. The highest BCUT2D eigenvalue weighted by atomic mass is 35.5. The van der Waals surface area contributed by atoms with Crippen molar-refractivity contribution in [2.45, 2.75) is 19.3 Å².